The molecule has 20 heavy (non-hydrogen) atoms. The third-order valence-corrected chi connectivity index (χ3v) is 2.73. The minimum Gasteiger partial charge on any atom is -0.493 e. The molecule has 0 atom stereocenters. The molecule has 110 valence electrons. The molecular formula is C15H20O5. The molecule has 0 heterocycles. The molecule has 0 saturated carbocycles. The first kappa shape index (κ1) is 16.0. The largest absolute Gasteiger partial charge is 0.493 e. The number of rotatable bonds is 8. The summed E-state index contributed by atoms with van der Waals surface area (Å²) >= 11 is 0. The van der Waals surface area contributed by atoms with Gasteiger partial charge in [-0.2, -0.15) is 0 Å². The monoisotopic (exact) mass is 280 g/mol. The molecule has 0 aliphatic carbocycles. The van der Waals surface area contributed by atoms with Gasteiger partial charge in [0.25, 0.3) is 0 Å². The van der Waals surface area contributed by atoms with Gasteiger partial charge >= 0.3 is 5.97 Å². The lowest BCUT2D eigenvalue weighted by Gasteiger charge is -2.11. The Morgan fingerprint density at radius 3 is 2.45 bits per heavy atom. The summed E-state index contributed by atoms with van der Waals surface area (Å²) in [6.45, 7) is 2.30. The fraction of sp³-hybridized carbons (Fsp3) is 0.467. The number of methoxy groups -OCH3 is 2. The number of ketones is 1. The van der Waals surface area contributed by atoms with Crippen molar-refractivity contribution in [2.24, 2.45) is 0 Å². The van der Waals surface area contributed by atoms with E-state index in [1.807, 2.05) is 6.92 Å². The van der Waals surface area contributed by atoms with Gasteiger partial charge in [0, 0.05) is 6.42 Å². The van der Waals surface area contributed by atoms with Crippen molar-refractivity contribution in [3.8, 4) is 11.5 Å². The minimum absolute atomic E-state index is 0.0686. The Balaban J connectivity index is 2.70. The fourth-order valence-electron chi connectivity index (χ4n) is 1.75. The number of hydrogen-bond acceptors (Lipinski definition) is 5. The summed E-state index contributed by atoms with van der Waals surface area (Å²) in [5.74, 6) is 0.352. The van der Waals surface area contributed by atoms with Crippen LogP contribution in [0.15, 0.2) is 18.2 Å². The third-order valence-electron chi connectivity index (χ3n) is 2.73. The predicted molar refractivity (Wildman–Crippen MR) is 74.4 cm³/mol. The van der Waals surface area contributed by atoms with E-state index in [1.54, 1.807) is 18.2 Å². The van der Waals surface area contributed by atoms with Gasteiger partial charge < -0.3 is 14.2 Å². The highest BCUT2D eigenvalue weighted by atomic mass is 16.5. The Morgan fingerprint density at radius 2 is 1.85 bits per heavy atom. The molecule has 0 fully saturated rings. The second-order valence-electron chi connectivity index (χ2n) is 4.18. The first-order chi connectivity index (χ1) is 9.63. The second kappa shape index (κ2) is 8.19. The summed E-state index contributed by atoms with van der Waals surface area (Å²) in [4.78, 5) is 23.5. The molecule has 1 aromatic rings. The van der Waals surface area contributed by atoms with Crippen LogP contribution in [0.4, 0.5) is 0 Å². The Kier molecular flexibility index (Phi) is 6.56. The highest BCUT2D eigenvalue weighted by Crippen LogP contribution is 2.31. The zero-order valence-electron chi connectivity index (χ0n) is 12.1. The summed E-state index contributed by atoms with van der Waals surface area (Å²) in [7, 11) is 2.98. The predicted octanol–water partition coefficient (Wildman–Crippen LogP) is 2.62. The van der Waals surface area contributed by atoms with Gasteiger partial charge in [-0.1, -0.05) is 13.0 Å². The molecule has 1 rings (SSSR count). The lowest BCUT2D eigenvalue weighted by Crippen LogP contribution is -2.09. The van der Waals surface area contributed by atoms with Crippen molar-refractivity contribution in [2.45, 2.75) is 26.2 Å². The Bertz CT molecular complexity index is 467. The van der Waals surface area contributed by atoms with E-state index in [2.05, 4.69) is 0 Å². The van der Waals surface area contributed by atoms with E-state index in [0.29, 0.717) is 23.7 Å². The van der Waals surface area contributed by atoms with Gasteiger partial charge in [0.2, 0.25) is 0 Å². The first-order valence-corrected chi connectivity index (χ1v) is 6.53. The Labute approximate surface area is 118 Å². The van der Waals surface area contributed by atoms with Gasteiger partial charge in [0.05, 0.1) is 32.8 Å². The summed E-state index contributed by atoms with van der Waals surface area (Å²) in [5.41, 5.74) is 0.412. The number of hydrogen-bond donors (Lipinski definition) is 0. The van der Waals surface area contributed by atoms with Gasteiger partial charge in [-0.25, -0.2) is 0 Å². The molecule has 0 N–H and O–H groups in total. The zero-order valence-corrected chi connectivity index (χ0v) is 12.1. The van der Waals surface area contributed by atoms with Gasteiger partial charge in [-0.05, 0) is 18.6 Å². The normalized spacial score (nSPS) is 9.95. The van der Waals surface area contributed by atoms with Crippen molar-refractivity contribution in [1.82, 2.24) is 0 Å². The van der Waals surface area contributed by atoms with E-state index < -0.39 is 0 Å². The number of Topliss-reactive ketones (excluding diaryl/α,β-unsaturated/α-hetero) is 1. The summed E-state index contributed by atoms with van der Waals surface area (Å²) in [6.07, 6.45) is 0.925. The van der Waals surface area contributed by atoms with Crippen molar-refractivity contribution in [3.63, 3.8) is 0 Å². The van der Waals surface area contributed by atoms with E-state index in [1.165, 1.54) is 14.2 Å². The average molecular weight is 280 g/mol. The van der Waals surface area contributed by atoms with Gasteiger partial charge in [-0.3, -0.25) is 9.59 Å². The zero-order chi connectivity index (χ0) is 15.0. The number of para-hydroxylation sites is 1. The first-order valence-electron chi connectivity index (χ1n) is 6.53. The van der Waals surface area contributed by atoms with Crippen LogP contribution in [0, 0.1) is 0 Å². The molecule has 0 aliphatic heterocycles. The molecule has 0 spiro atoms. The van der Waals surface area contributed by atoms with Crippen molar-refractivity contribution >= 4 is 11.8 Å². The fourth-order valence-corrected chi connectivity index (χ4v) is 1.75. The Hall–Kier alpha value is -2.04. The Morgan fingerprint density at radius 1 is 1.10 bits per heavy atom. The number of carbonyl (C=O) groups is 2. The molecule has 0 aromatic heterocycles. The molecule has 0 saturated heterocycles. The molecule has 0 unspecified atom stereocenters. The summed E-state index contributed by atoms with van der Waals surface area (Å²) < 4.78 is 15.3. The number of esters is 1. The maximum absolute atomic E-state index is 12.1. The summed E-state index contributed by atoms with van der Waals surface area (Å²) in [6, 6.07) is 5.08. The van der Waals surface area contributed by atoms with Crippen molar-refractivity contribution in [3.05, 3.63) is 23.8 Å². The summed E-state index contributed by atoms with van der Waals surface area (Å²) in [5, 5.41) is 0. The maximum atomic E-state index is 12.1. The van der Waals surface area contributed by atoms with E-state index in [-0.39, 0.29) is 24.6 Å². The molecule has 0 radical (unpaired) electrons. The topological polar surface area (TPSA) is 61.8 Å². The molecular weight excluding hydrogens is 260 g/mol. The highest BCUT2D eigenvalue weighted by molar-refractivity contribution is 6.00. The standard InChI is InChI=1S/C15H20O5/c1-4-10-20-14(17)9-8-12(16)11-6-5-7-13(18-2)15(11)19-3/h5-7H,4,8-10H2,1-3H3. The SMILES string of the molecule is CCCOC(=O)CCC(=O)c1cccc(OC)c1OC. The van der Waals surface area contributed by atoms with E-state index >= 15 is 0 Å². The molecule has 0 aliphatic rings. The van der Waals surface area contributed by atoms with E-state index in [4.69, 9.17) is 14.2 Å². The van der Waals surface area contributed by atoms with Crippen LogP contribution in [0.25, 0.3) is 0 Å². The lowest BCUT2D eigenvalue weighted by atomic mass is 10.0. The average Bonchev–Trinajstić information content (AvgIpc) is 2.49. The van der Waals surface area contributed by atoms with Gasteiger partial charge in [-0.15, -0.1) is 0 Å². The van der Waals surface area contributed by atoms with Crippen LogP contribution in [0.5, 0.6) is 11.5 Å². The minimum atomic E-state index is -0.359. The van der Waals surface area contributed by atoms with Crippen molar-refractivity contribution in [1.29, 1.82) is 0 Å². The van der Waals surface area contributed by atoms with E-state index in [9.17, 15) is 9.59 Å². The molecule has 0 amide bonds. The maximum Gasteiger partial charge on any atom is 0.306 e. The van der Waals surface area contributed by atoms with Crippen LogP contribution in [-0.4, -0.2) is 32.6 Å². The van der Waals surface area contributed by atoms with Crippen molar-refractivity contribution in [2.75, 3.05) is 20.8 Å². The molecule has 0 bridgehead atoms. The van der Waals surface area contributed by atoms with Crippen molar-refractivity contribution < 1.29 is 23.8 Å². The van der Waals surface area contributed by atoms with Crippen LogP contribution < -0.4 is 9.47 Å². The van der Waals surface area contributed by atoms with Crippen LogP contribution in [0.2, 0.25) is 0 Å². The number of benzene rings is 1. The van der Waals surface area contributed by atoms with Gasteiger partial charge in [0.15, 0.2) is 17.3 Å². The third kappa shape index (κ3) is 4.26. The second-order valence-corrected chi connectivity index (χ2v) is 4.18. The molecule has 1 aromatic carbocycles. The van der Waals surface area contributed by atoms with Crippen LogP contribution in [-0.2, 0) is 9.53 Å². The van der Waals surface area contributed by atoms with Crippen LogP contribution in [0.1, 0.15) is 36.5 Å². The molecule has 5 nitrogen and oxygen atoms in total. The number of carbonyl (C=O) groups excluding carboxylic acids is 2. The number of ether oxygens (including phenoxy) is 3. The van der Waals surface area contributed by atoms with E-state index in [0.717, 1.165) is 6.42 Å². The lowest BCUT2D eigenvalue weighted by molar-refractivity contribution is -0.143. The smallest absolute Gasteiger partial charge is 0.306 e. The van der Waals surface area contributed by atoms with Crippen LogP contribution >= 0.6 is 0 Å². The van der Waals surface area contributed by atoms with Crippen LogP contribution in [0.3, 0.4) is 0 Å². The molecule has 5 heteroatoms. The van der Waals surface area contributed by atoms with Gasteiger partial charge in [0.1, 0.15) is 0 Å². The highest BCUT2D eigenvalue weighted by Gasteiger charge is 2.17. The quantitative estimate of drug-likeness (QED) is 0.541.